The van der Waals surface area contributed by atoms with Gasteiger partial charge in [0.25, 0.3) is 5.91 Å². The lowest BCUT2D eigenvalue weighted by Gasteiger charge is -2.43. The van der Waals surface area contributed by atoms with Gasteiger partial charge >= 0.3 is 4.87 Å². The number of nitrogens with one attached hydrogen (secondary N) is 1. The van der Waals surface area contributed by atoms with Crippen molar-refractivity contribution in [2.75, 3.05) is 37.8 Å². The molecule has 43 heavy (non-hydrogen) atoms. The SMILES string of the molecule is O=C(COc1ccc([C@H]2c3sc(=O)[nH]c3SC3C2[C@H]2C[C@@H]3C3C(=O)N(c4ccc(Cl)cc4)C(=O)C32)cc1)N1CCOCC1. The maximum absolute atomic E-state index is 13.9. The molecule has 8 rings (SSSR count). The van der Waals surface area contributed by atoms with Crippen molar-refractivity contribution in [3.8, 4) is 5.75 Å². The smallest absolute Gasteiger partial charge is 0.305 e. The number of rotatable bonds is 5. The van der Waals surface area contributed by atoms with Crippen LogP contribution in [0.1, 0.15) is 22.8 Å². The summed E-state index contributed by atoms with van der Waals surface area (Å²) in [4.78, 5) is 59.8. The number of anilines is 1. The number of aromatic amines is 1. The molecule has 0 radical (unpaired) electrons. The monoisotopic (exact) mass is 637 g/mol. The van der Waals surface area contributed by atoms with Gasteiger partial charge in [0.15, 0.2) is 6.61 Å². The van der Waals surface area contributed by atoms with E-state index in [0.717, 1.165) is 21.9 Å². The van der Waals surface area contributed by atoms with E-state index in [1.54, 1.807) is 40.9 Å². The lowest BCUT2D eigenvalue weighted by molar-refractivity contribution is -0.137. The van der Waals surface area contributed by atoms with Crippen LogP contribution in [-0.4, -0.2) is 65.8 Å². The van der Waals surface area contributed by atoms with E-state index in [1.807, 2.05) is 24.3 Å². The molecule has 0 spiro atoms. The summed E-state index contributed by atoms with van der Waals surface area (Å²) in [5.41, 5.74) is 1.60. The highest BCUT2D eigenvalue weighted by atomic mass is 35.5. The van der Waals surface area contributed by atoms with E-state index in [4.69, 9.17) is 21.1 Å². The van der Waals surface area contributed by atoms with Gasteiger partial charge in [0, 0.05) is 34.2 Å². The van der Waals surface area contributed by atoms with Gasteiger partial charge in [-0.3, -0.25) is 24.1 Å². The van der Waals surface area contributed by atoms with Crippen molar-refractivity contribution >= 4 is 58.1 Å². The number of thioether (sulfide) groups is 1. The number of nitrogens with zero attached hydrogens (tertiary/aromatic N) is 2. The lowest BCUT2D eigenvalue weighted by atomic mass is 9.68. The van der Waals surface area contributed by atoms with Gasteiger partial charge < -0.3 is 19.4 Å². The lowest BCUT2D eigenvalue weighted by Crippen LogP contribution is -2.43. The van der Waals surface area contributed by atoms with Gasteiger partial charge in [0.05, 0.1) is 35.8 Å². The zero-order chi connectivity index (χ0) is 29.4. The molecule has 9 nitrogen and oxygen atoms in total. The Labute approximate surface area is 260 Å². The first kappa shape index (κ1) is 27.4. The second-order valence-electron chi connectivity index (χ2n) is 11.8. The Bertz CT molecular complexity index is 1670. The fraction of sp³-hybridized carbons (Fsp3) is 0.419. The summed E-state index contributed by atoms with van der Waals surface area (Å²) in [7, 11) is 0. The Balaban J connectivity index is 1.08. The summed E-state index contributed by atoms with van der Waals surface area (Å²) in [6.45, 7) is 2.18. The predicted octanol–water partition coefficient (Wildman–Crippen LogP) is 4.01. The molecule has 1 aromatic heterocycles. The maximum atomic E-state index is 13.9. The Kier molecular flexibility index (Phi) is 6.70. The predicted molar refractivity (Wildman–Crippen MR) is 162 cm³/mol. The van der Waals surface area contributed by atoms with E-state index in [2.05, 4.69) is 4.98 Å². The molecule has 7 atom stereocenters. The van der Waals surface area contributed by atoms with Gasteiger partial charge in [-0.1, -0.05) is 35.1 Å². The second kappa shape index (κ2) is 10.5. The number of hydrogen-bond donors (Lipinski definition) is 1. The van der Waals surface area contributed by atoms with Crippen LogP contribution in [0.15, 0.2) is 58.4 Å². The van der Waals surface area contributed by atoms with Crippen molar-refractivity contribution in [1.82, 2.24) is 9.88 Å². The molecule has 2 aliphatic carbocycles. The Hall–Kier alpha value is -3.12. The molecule has 222 valence electrons. The van der Waals surface area contributed by atoms with Crippen LogP contribution < -0.4 is 14.5 Å². The maximum Gasteiger partial charge on any atom is 0.305 e. The standard InChI is InChI=1S/C31H28ClN3O6S2/c32-16-3-5-17(6-4-16)35-29(37)24-19-13-20(25(24)30(35)38)26-23(19)22(27-28(42-26)33-31(39)43-27)15-1-7-18(8-2-15)41-14-21(36)34-9-11-40-12-10-34/h1-8,19-20,22-26H,9-14H2,(H,33,39)/t19-,20-,22-,23?,24?,25?,26?/m1/s1. The zero-order valence-corrected chi connectivity index (χ0v) is 25.3. The minimum Gasteiger partial charge on any atom is -0.484 e. The number of ether oxygens (including phenoxy) is 2. The molecule has 5 aliphatic rings. The summed E-state index contributed by atoms with van der Waals surface area (Å²) in [6.07, 6.45) is 0.824. The Morgan fingerprint density at radius 1 is 0.977 bits per heavy atom. The minimum absolute atomic E-state index is 0.0265. The van der Waals surface area contributed by atoms with Gasteiger partial charge in [-0.05, 0) is 66.1 Å². The van der Waals surface area contributed by atoms with E-state index in [1.165, 1.54) is 16.2 Å². The number of amides is 3. The van der Waals surface area contributed by atoms with E-state index in [9.17, 15) is 19.2 Å². The minimum atomic E-state index is -0.372. The Morgan fingerprint density at radius 2 is 1.67 bits per heavy atom. The molecule has 12 heteroatoms. The van der Waals surface area contributed by atoms with Crippen LogP contribution in [0.3, 0.4) is 0 Å². The zero-order valence-electron chi connectivity index (χ0n) is 22.9. The molecule has 3 aromatic rings. The van der Waals surface area contributed by atoms with Crippen LogP contribution in [0, 0.1) is 29.6 Å². The van der Waals surface area contributed by atoms with Crippen LogP contribution in [0.4, 0.5) is 5.69 Å². The quantitative estimate of drug-likeness (QED) is 0.421. The highest BCUT2D eigenvalue weighted by Crippen LogP contribution is 2.68. The van der Waals surface area contributed by atoms with Gasteiger partial charge in [0.1, 0.15) is 5.75 Å². The van der Waals surface area contributed by atoms with Crippen molar-refractivity contribution in [3.05, 3.63) is 73.7 Å². The third kappa shape index (κ3) is 4.38. The topological polar surface area (TPSA) is 109 Å². The average molecular weight is 638 g/mol. The first-order valence-electron chi connectivity index (χ1n) is 14.5. The highest BCUT2D eigenvalue weighted by molar-refractivity contribution is 8.00. The number of hydrogen-bond acceptors (Lipinski definition) is 8. The first-order valence-corrected chi connectivity index (χ1v) is 16.6. The number of thiazole rings is 1. The Morgan fingerprint density at radius 3 is 2.40 bits per heavy atom. The van der Waals surface area contributed by atoms with Gasteiger partial charge in [-0.2, -0.15) is 0 Å². The van der Waals surface area contributed by atoms with Crippen LogP contribution >= 0.6 is 34.7 Å². The van der Waals surface area contributed by atoms with Crippen molar-refractivity contribution in [1.29, 1.82) is 0 Å². The van der Waals surface area contributed by atoms with Gasteiger partial charge in [-0.25, -0.2) is 0 Å². The number of aromatic nitrogens is 1. The number of halogens is 1. The molecule has 4 heterocycles. The summed E-state index contributed by atoms with van der Waals surface area (Å²) in [5.74, 6) is -0.363. The van der Waals surface area contributed by atoms with Crippen molar-refractivity contribution in [3.63, 3.8) is 0 Å². The van der Waals surface area contributed by atoms with Crippen molar-refractivity contribution < 1.29 is 23.9 Å². The van der Waals surface area contributed by atoms with E-state index in [0.29, 0.717) is 42.8 Å². The van der Waals surface area contributed by atoms with Crippen LogP contribution in [0.2, 0.25) is 5.02 Å². The van der Waals surface area contributed by atoms with E-state index < -0.39 is 0 Å². The second-order valence-corrected chi connectivity index (χ2v) is 14.4. The summed E-state index contributed by atoms with van der Waals surface area (Å²) in [6, 6.07) is 14.6. The fourth-order valence-electron chi connectivity index (χ4n) is 8.06. The molecule has 2 saturated heterocycles. The van der Waals surface area contributed by atoms with Crippen LogP contribution in [0.5, 0.6) is 5.75 Å². The molecule has 3 amide bonds. The summed E-state index contributed by atoms with van der Waals surface area (Å²) < 4.78 is 11.2. The molecule has 2 bridgehead atoms. The molecule has 2 aromatic carbocycles. The number of carbonyl (C=O) groups is 3. The molecule has 3 aliphatic heterocycles. The van der Waals surface area contributed by atoms with E-state index >= 15 is 0 Å². The van der Waals surface area contributed by atoms with Crippen molar-refractivity contribution in [2.24, 2.45) is 29.6 Å². The number of benzene rings is 2. The molecule has 2 saturated carbocycles. The van der Waals surface area contributed by atoms with Gasteiger partial charge in [0.2, 0.25) is 11.8 Å². The number of imide groups is 1. The van der Waals surface area contributed by atoms with Crippen LogP contribution in [0.25, 0.3) is 0 Å². The first-order chi connectivity index (χ1) is 20.9. The number of fused-ring (bicyclic) bond motifs is 9. The number of morpholine rings is 1. The number of carbonyl (C=O) groups excluding carboxylic acids is 3. The molecular weight excluding hydrogens is 610 g/mol. The molecule has 4 unspecified atom stereocenters. The summed E-state index contributed by atoms with van der Waals surface area (Å²) in [5, 5.41) is 1.53. The number of H-pyrrole nitrogens is 1. The van der Waals surface area contributed by atoms with Crippen LogP contribution in [-0.2, 0) is 19.1 Å². The van der Waals surface area contributed by atoms with Gasteiger partial charge in [-0.15, -0.1) is 11.8 Å². The average Bonchev–Trinajstić information content (AvgIpc) is 3.76. The summed E-state index contributed by atoms with van der Waals surface area (Å²) >= 11 is 8.97. The molecule has 1 N–H and O–H groups in total. The van der Waals surface area contributed by atoms with Crippen molar-refractivity contribution in [2.45, 2.75) is 22.6 Å². The highest BCUT2D eigenvalue weighted by Gasteiger charge is 2.69. The third-order valence-corrected chi connectivity index (χ3v) is 12.6. The van der Waals surface area contributed by atoms with E-state index in [-0.39, 0.29) is 70.0 Å². The third-order valence-electron chi connectivity index (χ3n) is 9.77. The fourth-order valence-corrected chi connectivity index (χ4v) is 11.1. The molecular formula is C31H28ClN3O6S2. The molecule has 4 fully saturated rings. The normalized spacial score (nSPS) is 30.8. The largest absolute Gasteiger partial charge is 0.484 e.